The Balaban J connectivity index is 2.28. The fourth-order valence-corrected chi connectivity index (χ4v) is 1.85. The topological polar surface area (TPSA) is 87.0 Å². The fourth-order valence-electron chi connectivity index (χ4n) is 1.85. The number of nitro benzene ring substituents is 1. The maximum atomic E-state index is 10.9. The summed E-state index contributed by atoms with van der Waals surface area (Å²) < 4.78 is 1.88. The van der Waals surface area contributed by atoms with Crippen LogP contribution in [0, 0.1) is 10.1 Å². The van der Waals surface area contributed by atoms with Gasteiger partial charge < -0.3 is 10.3 Å². The Morgan fingerprint density at radius 2 is 2.17 bits per heavy atom. The summed E-state index contributed by atoms with van der Waals surface area (Å²) in [6, 6.07) is 6.72. The van der Waals surface area contributed by atoms with Gasteiger partial charge >= 0.3 is 0 Å². The molecule has 2 N–H and O–H groups in total. The van der Waals surface area contributed by atoms with Crippen LogP contribution in [-0.2, 0) is 13.0 Å². The number of para-hydroxylation sites is 1. The monoisotopic (exact) mass is 246 g/mol. The van der Waals surface area contributed by atoms with Crippen LogP contribution in [0.15, 0.2) is 36.8 Å². The van der Waals surface area contributed by atoms with Gasteiger partial charge in [0.05, 0.1) is 17.8 Å². The van der Waals surface area contributed by atoms with Gasteiger partial charge in [-0.05, 0) is 6.54 Å². The molecule has 0 fully saturated rings. The summed E-state index contributed by atoms with van der Waals surface area (Å²) in [5.74, 6) is 0. The summed E-state index contributed by atoms with van der Waals surface area (Å²) in [5, 5.41) is 10.9. The molecule has 0 aliphatic heterocycles. The molecule has 0 saturated carbocycles. The smallest absolute Gasteiger partial charge is 0.274 e. The van der Waals surface area contributed by atoms with Crippen LogP contribution in [-0.4, -0.2) is 21.0 Å². The molecule has 2 rings (SSSR count). The van der Waals surface area contributed by atoms with Gasteiger partial charge in [-0.15, -0.1) is 0 Å². The minimum Gasteiger partial charge on any atom is -0.330 e. The fraction of sp³-hybridized carbons (Fsp3) is 0.250. The Labute approximate surface area is 104 Å². The molecule has 94 valence electrons. The lowest BCUT2D eigenvalue weighted by atomic mass is 10.1. The lowest BCUT2D eigenvalue weighted by molar-refractivity contribution is -0.385. The molecule has 6 nitrogen and oxygen atoms in total. The first-order valence-corrected chi connectivity index (χ1v) is 5.63. The molecule has 6 heteroatoms. The quantitative estimate of drug-likeness (QED) is 0.637. The van der Waals surface area contributed by atoms with E-state index in [1.54, 1.807) is 30.7 Å². The Morgan fingerprint density at radius 3 is 2.89 bits per heavy atom. The molecule has 0 aliphatic carbocycles. The summed E-state index contributed by atoms with van der Waals surface area (Å²) in [4.78, 5) is 14.6. The van der Waals surface area contributed by atoms with Crippen molar-refractivity contribution in [1.29, 1.82) is 0 Å². The highest BCUT2D eigenvalue weighted by Crippen LogP contribution is 2.19. The maximum absolute atomic E-state index is 10.9. The average Bonchev–Trinajstić information content (AvgIpc) is 2.78. The number of hydrogen-bond acceptors (Lipinski definition) is 4. The largest absolute Gasteiger partial charge is 0.330 e. The highest BCUT2D eigenvalue weighted by Gasteiger charge is 2.13. The minimum absolute atomic E-state index is 0.130. The zero-order valence-corrected chi connectivity index (χ0v) is 9.82. The molecule has 0 unspecified atom stereocenters. The molecule has 0 saturated heterocycles. The number of hydrogen-bond donors (Lipinski definition) is 1. The third-order valence-electron chi connectivity index (χ3n) is 2.73. The Morgan fingerprint density at radius 1 is 1.39 bits per heavy atom. The number of nitrogens with two attached hydrogens (primary N) is 1. The van der Waals surface area contributed by atoms with Crippen LogP contribution in [0.25, 0.3) is 0 Å². The van der Waals surface area contributed by atoms with Crippen molar-refractivity contribution in [1.82, 2.24) is 9.55 Å². The van der Waals surface area contributed by atoms with Gasteiger partial charge in [-0.3, -0.25) is 10.1 Å². The van der Waals surface area contributed by atoms with Gasteiger partial charge in [0.25, 0.3) is 5.69 Å². The number of nitro groups is 1. The third kappa shape index (κ3) is 2.54. The van der Waals surface area contributed by atoms with E-state index in [-0.39, 0.29) is 10.6 Å². The van der Waals surface area contributed by atoms with E-state index in [1.807, 2.05) is 4.57 Å². The first kappa shape index (κ1) is 12.3. The van der Waals surface area contributed by atoms with Gasteiger partial charge in [-0.1, -0.05) is 18.2 Å². The molecule has 0 spiro atoms. The van der Waals surface area contributed by atoms with Crippen LogP contribution in [0.4, 0.5) is 5.69 Å². The molecule has 1 heterocycles. The molecular formula is C12H14N4O2. The van der Waals surface area contributed by atoms with Crippen LogP contribution in [0.1, 0.15) is 11.3 Å². The molecule has 2 aromatic rings. The standard InChI is InChI=1S/C12H14N4O2/c13-6-5-11-7-14-9-15(11)8-10-3-1-2-4-12(10)16(17)18/h1-4,7,9H,5-6,8,13H2. The summed E-state index contributed by atoms with van der Waals surface area (Å²) in [7, 11) is 0. The predicted octanol–water partition coefficient (Wildman–Crippen LogP) is 1.34. The second-order valence-electron chi connectivity index (χ2n) is 3.94. The van der Waals surface area contributed by atoms with Crippen LogP contribution in [0.5, 0.6) is 0 Å². The lowest BCUT2D eigenvalue weighted by Gasteiger charge is -2.07. The van der Waals surface area contributed by atoms with Crippen molar-refractivity contribution in [3.05, 3.63) is 58.2 Å². The van der Waals surface area contributed by atoms with E-state index in [0.717, 1.165) is 5.69 Å². The number of nitrogens with zero attached hydrogens (tertiary/aromatic N) is 3. The Kier molecular flexibility index (Phi) is 3.69. The zero-order valence-electron chi connectivity index (χ0n) is 9.82. The van der Waals surface area contributed by atoms with Crippen molar-refractivity contribution in [3.63, 3.8) is 0 Å². The van der Waals surface area contributed by atoms with E-state index in [9.17, 15) is 10.1 Å². The van der Waals surface area contributed by atoms with E-state index in [2.05, 4.69) is 4.98 Å². The highest BCUT2D eigenvalue weighted by molar-refractivity contribution is 5.40. The number of aromatic nitrogens is 2. The average molecular weight is 246 g/mol. The maximum Gasteiger partial charge on any atom is 0.274 e. The molecule has 0 radical (unpaired) electrons. The van der Waals surface area contributed by atoms with E-state index in [4.69, 9.17) is 5.73 Å². The van der Waals surface area contributed by atoms with Crippen molar-refractivity contribution in [3.8, 4) is 0 Å². The van der Waals surface area contributed by atoms with Crippen LogP contribution < -0.4 is 5.73 Å². The van der Waals surface area contributed by atoms with Gasteiger partial charge in [0.1, 0.15) is 0 Å². The van der Waals surface area contributed by atoms with E-state index in [0.29, 0.717) is 25.1 Å². The van der Waals surface area contributed by atoms with Crippen LogP contribution in [0.2, 0.25) is 0 Å². The van der Waals surface area contributed by atoms with Gasteiger partial charge in [0.2, 0.25) is 0 Å². The summed E-state index contributed by atoms with van der Waals surface area (Å²) in [5.41, 5.74) is 7.29. The molecule has 0 atom stereocenters. The SMILES string of the molecule is NCCc1cncn1Cc1ccccc1[N+](=O)[O-]. The second-order valence-corrected chi connectivity index (χ2v) is 3.94. The zero-order chi connectivity index (χ0) is 13.0. The van der Waals surface area contributed by atoms with Gasteiger partial charge in [-0.25, -0.2) is 4.98 Å². The van der Waals surface area contributed by atoms with Crippen LogP contribution >= 0.6 is 0 Å². The summed E-state index contributed by atoms with van der Waals surface area (Å²) in [6.07, 6.45) is 4.12. The highest BCUT2D eigenvalue weighted by atomic mass is 16.6. The Hall–Kier alpha value is -2.21. The van der Waals surface area contributed by atoms with Crippen molar-refractivity contribution >= 4 is 5.69 Å². The van der Waals surface area contributed by atoms with Crippen molar-refractivity contribution in [2.45, 2.75) is 13.0 Å². The van der Waals surface area contributed by atoms with Crippen molar-refractivity contribution < 1.29 is 4.92 Å². The molecule has 0 amide bonds. The Bertz CT molecular complexity index is 551. The number of benzene rings is 1. The lowest BCUT2D eigenvalue weighted by Crippen LogP contribution is -2.10. The second kappa shape index (κ2) is 5.42. The molecule has 0 aliphatic rings. The first-order chi connectivity index (χ1) is 8.72. The van der Waals surface area contributed by atoms with Crippen LogP contribution in [0.3, 0.4) is 0 Å². The van der Waals surface area contributed by atoms with Crippen molar-refractivity contribution in [2.75, 3.05) is 6.54 Å². The third-order valence-corrected chi connectivity index (χ3v) is 2.73. The summed E-state index contributed by atoms with van der Waals surface area (Å²) in [6.45, 7) is 0.967. The predicted molar refractivity (Wildman–Crippen MR) is 67.2 cm³/mol. The molecule has 1 aromatic heterocycles. The first-order valence-electron chi connectivity index (χ1n) is 5.63. The number of rotatable bonds is 5. The molecule has 18 heavy (non-hydrogen) atoms. The van der Waals surface area contributed by atoms with Gasteiger partial charge in [-0.2, -0.15) is 0 Å². The summed E-state index contributed by atoms with van der Waals surface area (Å²) >= 11 is 0. The normalized spacial score (nSPS) is 10.5. The molecular weight excluding hydrogens is 232 g/mol. The molecule has 1 aromatic carbocycles. The van der Waals surface area contributed by atoms with Crippen molar-refractivity contribution in [2.24, 2.45) is 5.73 Å². The number of imidazole rings is 1. The molecule has 0 bridgehead atoms. The van der Waals surface area contributed by atoms with E-state index >= 15 is 0 Å². The minimum atomic E-state index is -0.366. The van der Waals surface area contributed by atoms with E-state index in [1.165, 1.54) is 6.07 Å². The van der Waals surface area contributed by atoms with E-state index < -0.39 is 0 Å². The van der Waals surface area contributed by atoms with Gasteiger partial charge in [0, 0.05) is 29.9 Å². The van der Waals surface area contributed by atoms with Gasteiger partial charge in [0.15, 0.2) is 0 Å².